The third-order valence-corrected chi connectivity index (χ3v) is 4.24. The van der Waals surface area contributed by atoms with E-state index in [1.807, 2.05) is 12.1 Å². The first-order valence-corrected chi connectivity index (χ1v) is 6.89. The molecule has 3 rings (SSSR count). The largest absolute Gasteiger partial charge is 0.372 e. The summed E-state index contributed by atoms with van der Waals surface area (Å²) in [7, 11) is -0.897. The van der Waals surface area contributed by atoms with Crippen molar-refractivity contribution < 1.29 is 4.21 Å². The minimum Gasteiger partial charge on any atom is -0.372 e. The summed E-state index contributed by atoms with van der Waals surface area (Å²) in [5.41, 5.74) is 4.54. The highest BCUT2D eigenvalue weighted by molar-refractivity contribution is 7.85. The van der Waals surface area contributed by atoms with Gasteiger partial charge in [-0.3, -0.25) is 4.21 Å². The van der Waals surface area contributed by atoms with Crippen LogP contribution in [0.5, 0.6) is 0 Å². The molecule has 0 fully saturated rings. The SMILES string of the molecule is Cc1ccc(-c2ccc3c(c2)S(=O)CN3)cc1. The lowest BCUT2D eigenvalue weighted by Crippen LogP contribution is -1.94. The number of aryl methyl sites for hydroxylation is 1. The fraction of sp³-hybridized carbons (Fsp3) is 0.143. The van der Waals surface area contributed by atoms with Crippen molar-refractivity contribution in [1.29, 1.82) is 0 Å². The highest BCUT2D eigenvalue weighted by Crippen LogP contribution is 2.31. The predicted octanol–water partition coefficient (Wildman–Crippen LogP) is 3.15. The van der Waals surface area contributed by atoms with Crippen molar-refractivity contribution in [3.8, 4) is 11.1 Å². The number of hydrogen-bond donors (Lipinski definition) is 1. The molecule has 0 bridgehead atoms. The Labute approximate surface area is 103 Å². The monoisotopic (exact) mass is 243 g/mol. The number of anilines is 1. The van der Waals surface area contributed by atoms with E-state index in [4.69, 9.17) is 0 Å². The van der Waals surface area contributed by atoms with Gasteiger partial charge in [0.1, 0.15) is 0 Å². The molecular formula is C14H13NOS. The second kappa shape index (κ2) is 4.00. The molecule has 1 aliphatic rings. The van der Waals surface area contributed by atoms with Gasteiger partial charge < -0.3 is 5.32 Å². The zero-order chi connectivity index (χ0) is 11.8. The van der Waals surface area contributed by atoms with Crippen LogP contribution in [-0.4, -0.2) is 10.1 Å². The first-order valence-electron chi connectivity index (χ1n) is 5.57. The molecule has 1 unspecified atom stereocenters. The molecule has 0 saturated heterocycles. The van der Waals surface area contributed by atoms with Crippen LogP contribution < -0.4 is 5.32 Å². The molecule has 2 aromatic carbocycles. The first kappa shape index (κ1) is 10.5. The van der Waals surface area contributed by atoms with Gasteiger partial charge in [-0.2, -0.15) is 0 Å². The van der Waals surface area contributed by atoms with Crippen LogP contribution in [0.15, 0.2) is 47.4 Å². The summed E-state index contributed by atoms with van der Waals surface area (Å²) in [5.74, 6) is 0.534. The highest BCUT2D eigenvalue weighted by atomic mass is 32.2. The van der Waals surface area contributed by atoms with E-state index in [2.05, 4.69) is 42.6 Å². The Morgan fingerprint density at radius 3 is 2.53 bits per heavy atom. The van der Waals surface area contributed by atoms with Crippen LogP contribution in [0.2, 0.25) is 0 Å². The quantitative estimate of drug-likeness (QED) is 0.833. The third-order valence-electron chi connectivity index (χ3n) is 3.01. The van der Waals surface area contributed by atoms with E-state index < -0.39 is 10.8 Å². The Balaban J connectivity index is 2.08. The minimum absolute atomic E-state index is 0.534. The van der Waals surface area contributed by atoms with Gasteiger partial charge in [-0.05, 0) is 30.2 Å². The molecule has 0 aromatic heterocycles. The number of nitrogens with one attached hydrogen (secondary N) is 1. The zero-order valence-electron chi connectivity index (χ0n) is 9.57. The van der Waals surface area contributed by atoms with E-state index in [1.54, 1.807) is 0 Å². The van der Waals surface area contributed by atoms with Gasteiger partial charge in [0, 0.05) is 0 Å². The van der Waals surface area contributed by atoms with Crippen LogP contribution in [0.25, 0.3) is 11.1 Å². The molecule has 1 atom stereocenters. The van der Waals surface area contributed by atoms with Gasteiger partial charge in [-0.15, -0.1) is 0 Å². The van der Waals surface area contributed by atoms with E-state index in [0.29, 0.717) is 5.88 Å². The van der Waals surface area contributed by atoms with Crippen LogP contribution in [0.1, 0.15) is 5.56 Å². The van der Waals surface area contributed by atoms with E-state index in [-0.39, 0.29) is 0 Å². The average Bonchev–Trinajstić information content (AvgIpc) is 2.72. The maximum absolute atomic E-state index is 11.8. The van der Waals surface area contributed by atoms with E-state index in [1.165, 1.54) is 11.1 Å². The molecule has 0 aliphatic carbocycles. The molecule has 2 nitrogen and oxygen atoms in total. The van der Waals surface area contributed by atoms with Crippen LogP contribution in [0.4, 0.5) is 5.69 Å². The lowest BCUT2D eigenvalue weighted by Gasteiger charge is -2.04. The van der Waals surface area contributed by atoms with E-state index >= 15 is 0 Å². The van der Waals surface area contributed by atoms with Gasteiger partial charge in [0.05, 0.1) is 27.3 Å². The Hall–Kier alpha value is -1.61. The number of rotatable bonds is 1. The molecule has 17 heavy (non-hydrogen) atoms. The molecule has 0 amide bonds. The summed E-state index contributed by atoms with van der Waals surface area (Å²) in [5, 5.41) is 3.14. The Kier molecular flexibility index (Phi) is 2.48. The smallest absolute Gasteiger partial charge is 0.0959 e. The minimum atomic E-state index is -0.897. The Bertz CT molecular complexity index is 590. The predicted molar refractivity (Wildman–Crippen MR) is 71.5 cm³/mol. The second-order valence-corrected chi connectivity index (χ2v) is 5.66. The summed E-state index contributed by atoms with van der Waals surface area (Å²) in [6.07, 6.45) is 0. The van der Waals surface area contributed by atoms with Crippen molar-refractivity contribution in [2.24, 2.45) is 0 Å². The number of benzene rings is 2. The topological polar surface area (TPSA) is 29.1 Å². The van der Waals surface area contributed by atoms with Crippen LogP contribution in [0.3, 0.4) is 0 Å². The lowest BCUT2D eigenvalue weighted by molar-refractivity contribution is 0.686. The van der Waals surface area contributed by atoms with Gasteiger partial charge in [0.2, 0.25) is 0 Å². The van der Waals surface area contributed by atoms with Crippen molar-refractivity contribution in [1.82, 2.24) is 0 Å². The molecule has 3 heteroatoms. The van der Waals surface area contributed by atoms with Gasteiger partial charge in [0.25, 0.3) is 0 Å². The molecule has 0 radical (unpaired) electrons. The number of fused-ring (bicyclic) bond motifs is 1. The van der Waals surface area contributed by atoms with Gasteiger partial charge in [-0.25, -0.2) is 0 Å². The van der Waals surface area contributed by atoms with E-state index in [0.717, 1.165) is 16.1 Å². The summed E-state index contributed by atoms with van der Waals surface area (Å²) in [4.78, 5) is 0.920. The zero-order valence-corrected chi connectivity index (χ0v) is 10.4. The fourth-order valence-electron chi connectivity index (χ4n) is 2.00. The Morgan fingerprint density at radius 2 is 1.76 bits per heavy atom. The van der Waals surface area contributed by atoms with Crippen LogP contribution >= 0.6 is 0 Å². The van der Waals surface area contributed by atoms with Crippen LogP contribution in [0, 0.1) is 6.92 Å². The fourth-order valence-corrected chi connectivity index (χ4v) is 3.09. The maximum atomic E-state index is 11.8. The Morgan fingerprint density at radius 1 is 1.06 bits per heavy atom. The molecule has 0 saturated carbocycles. The summed E-state index contributed by atoms with van der Waals surface area (Å²) < 4.78 is 11.8. The first-order chi connectivity index (χ1) is 8.24. The van der Waals surface area contributed by atoms with E-state index in [9.17, 15) is 4.21 Å². The van der Waals surface area contributed by atoms with Gasteiger partial charge in [-0.1, -0.05) is 35.9 Å². The molecule has 1 aliphatic heterocycles. The van der Waals surface area contributed by atoms with Crippen molar-refractivity contribution >= 4 is 16.5 Å². The van der Waals surface area contributed by atoms with Crippen molar-refractivity contribution in [2.45, 2.75) is 11.8 Å². The lowest BCUT2D eigenvalue weighted by atomic mass is 10.0. The number of hydrogen-bond acceptors (Lipinski definition) is 2. The third kappa shape index (κ3) is 1.87. The second-order valence-electron chi connectivity index (χ2n) is 4.24. The van der Waals surface area contributed by atoms with Crippen molar-refractivity contribution in [3.63, 3.8) is 0 Å². The maximum Gasteiger partial charge on any atom is 0.0959 e. The summed E-state index contributed by atoms with van der Waals surface area (Å²) >= 11 is 0. The normalized spacial score (nSPS) is 17.6. The summed E-state index contributed by atoms with van der Waals surface area (Å²) in [6, 6.07) is 14.5. The van der Waals surface area contributed by atoms with Crippen LogP contribution in [-0.2, 0) is 10.8 Å². The van der Waals surface area contributed by atoms with Crippen molar-refractivity contribution in [2.75, 3.05) is 11.2 Å². The molecule has 86 valence electrons. The molecule has 0 spiro atoms. The standard InChI is InChI=1S/C14H13NOS/c1-10-2-4-11(5-3-10)12-6-7-13-14(8-12)17(16)9-15-13/h2-8,15H,9H2,1H3. The highest BCUT2D eigenvalue weighted by Gasteiger charge is 2.17. The molecule has 2 aromatic rings. The van der Waals surface area contributed by atoms with Crippen molar-refractivity contribution in [3.05, 3.63) is 48.0 Å². The summed E-state index contributed by atoms with van der Waals surface area (Å²) in [6.45, 7) is 2.07. The molecule has 1 N–H and O–H groups in total. The average molecular weight is 243 g/mol. The van der Waals surface area contributed by atoms with Gasteiger partial charge in [0.15, 0.2) is 0 Å². The molecule has 1 heterocycles. The molecular weight excluding hydrogens is 230 g/mol. The van der Waals surface area contributed by atoms with Gasteiger partial charge >= 0.3 is 0 Å².